The molecule has 2 rings (SSSR count). The smallest absolute Gasteiger partial charge is 0.245 e. The van der Waals surface area contributed by atoms with Crippen molar-refractivity contribution in [1.29, 1.82) is 0 Å². The summed E-state index contributed by atoms with van der Waals surface area (Å²) < 4.78 is 26.0. The Hall–Kier alpha value is -1.50. The first-order chi connectivity index (χ1) is 9.51. The Balaban J connectivity index is 2.12. The van der Waals surface area contributed by atoms with Gasteiger partial charge in [0.1, 0.15) is 10.0 Å². The van der Waals surface area contributed by atoms with Gasteiger partial charge in [0.15, 0.2) is 0 Å². The highest BCUT2D eigenvalue weighted by atomic mass is 35.5. The number of halogens is 1. The first-order valence-electron chi connectivity index (χ1n) is 5.98. The molecule has 2 aromatic rings. The van der Waals surface area contributed by atoms with Gasteiger partial charge in [0.2, 0.25) is 10.0 Å². The molecule has 0 fully saturated rings. The number of rotatable bonds is 5. The third-order valence-corrected chi connectivity index (χ3v) is 5.12. The van der Waals surface area contributed by atoms with Gasteiger partial charge in [-0.2, -0.15) is 0 Å². The molecule has 20 heavy (non-hydrogen) atoms. The topological polar surface area (TPSA) is 63.2 Å². The Morgan fingerprint density at radius 2 is 1.90 bits per heavy atom. The van der Waals surface area contributed by atoms with Gasteiger partial charge >= 0.3 is 0 Å². The van der Waals surface area contributed by atoms with Gasteiger partial charge < -0.3 is 0 Å². The van der Waals surface area contributed by atoms with E-state index in [4.69, 9.17) is 11.6 Å². The van der Waals surface area contributed by atoms with Crippen LogP contribution in [0, 0.1) is 0 Å². The van der Waals surface area contributed by atoms with Gasteiger partial charge in [-0.3, -0.25) is 4.98 Å². The molecule has 0 atom stereocenters. The number of hydrogen-bond acceptors (Lipinski definition) is 4. The number of hydrogen-bond donors (Lipinski definition) is 0. The lowest BCUT2D eigenvalue weighted by molar-refractivity contribution is 0.471. The highest BCUT2D eigenvalue weighted by Crippen LogP contribution is 2.21. The lowest BCUT2D eigenvalue weighted by Crippen LogP contribution is -2.29. The van der Waals surface area contributed by atoms with Crippen molar-refractivity contribution in [3.63, 3.8) is 0 Å². The maximum absolute atomic E-state index is 12.4. The minimum Gasteiger partial charge on any atom is -0.261 e. The van der Waals surface area contributed by atoms with Crippen LogP contribution in [0.4, 0.5) is 0 Å². The van der Waals surface area contributed by atoms with Gasteiger partial charge in [0.25, 0.3) is 0 Å². The number of aromatic nitrogens is 2. The molecule has 0 bridgehead atoms. The van der Waals surface area contributed by atoms with Gasteiger partial charge in [-0.05, 0) is 24.3 Å². The Morgan fingerprint density at radius 3 is 2.55 bits per heavy atom. The van der Waals surface area contributed by atoms with Crippen molar-refractivity contribution < 1.29 is 8.42 Å². The van der Waals surface area contributed by atoms with E-state index in [9.17, 15) is 8.42 Å². The zero-order chi connectivity index (χ0) is 14.6. The van der Waals surface area contributed by atoms with Crippen LogP contribution in [0.2, 0.25) is 5.15 Å². The second-order valence-corrected chi connectivity index (χ2v) is 6.56. The molecule has 0 saturated heterocycles. The summed E-state index contributed by atoms with van der Waals surface area (Å²) in [4.78, 5) is 7.98. The molecule has 0 amide bonds. The minimum atomic E-state index is -3.63. The van der Waals surface area contributed by atoms with E-state index in [1.807, 2.05) is 18.2 Å². The molecule has 106 valence electrons. The molecular formula is C13H14ClN3O2S. The quantitative estimate of drug-likeness (QED) is 0.792. The number of pyridine rings is 2. The zero-order valence-electron chi connectivity index (χ0n) is 10.9. The summed E-state index contributed by atoms with van der Waals surface area (Å²) in [7, 11) is -2.11. The molecule has 2 heterocycles. The van der Waals surface area contributed by atoms with Crippen molar-refractivity contribution in [3.8, 4) is 0 Å². The lowest BCUT2D eigenvalue weighted by atomic mass is 10.3. The zero-order valence-corrected chi connectivity index (χ0v) is 12.5. The molecule has 0 N–H and O–H groups in total. The van der Waals surface area contributed by atoms with Crippen LogP contribution in [-0.4, -0.2) is 36.3 Å². The largest absolute Gasteiger partial charge is 0.261 e. The summed E-state index contributed by atoms with van der Waals surface area (Å²) in [5, 5.41) is -0.0165. The van der Waals surface area contributed by atoms with Crippen molar-refractivity contribution >= 4 is 21.6 Å². The van der Waals surface area contributed by atoms with Crippen LogP contribution in [0.15, 0.2) is 47.6 Å². The molecule has 0 aliphatic heterocycles. The number of sulfonamides is 1. The average Bonchev–Trinajstić information content (AvgIpc) is 2.46. The van der Waals surface area contributed by atoms with Crippen LogP contribution in [0.3, 0.4) is 0 Å². The first-order valence-corrected chi connectivity index (χ1v) is 7.80. The fourth-order valence-corrected chi connectivity index (χ4v) is 3.27. The van der Waals surface area contributed by atoms with E-state index < -0.39 is 10.0 Å². The van der Waals surface area contributed by atoms with E-state index in [0.29, 0.717) is 13.0 Å². The predicted molar refractivity (Wildman–Crippen MR) is 77.0 cm³/mol. The Bertz CT molecular complexity index is 677. The summed E-state index contributed by atoms with van der Waals surface area (Å²) in [5.74, 6) is 0. The Morgan fingerprint density at radius 1 is 1.15 bits per heavy atom. The van der Waals surface area contributed by atoms with Crippen LogP contribution in [0.25, 0.3) is 0 Å². The van der Waals surface area contributed by atoms with E-state index in [-0.39, 0.29) is 10.0 Å². The fraction of sp³-hybridized carbons (Fsp3) is 0.231. The highest BCUT2D eigenvalue weighted by molar-refractivity contribution is 7.89. The fourth-order valence-electron chi connectivity index (χ4n) is 1.67. The minimum absolute atomic E-state index is 0.0165. The first kappa shape index (κ1) is 14.9. The second kappa shape index (κ2) is 6.30. The van der Waals surface area contributed by atoms with Gasteiger partial charge in [0.05, 0.1) is 0 Å². The van der Waals surface area contributed by atoms with Crippen LogP contribution in [0.5, 0.6) is 0 Å². The van der Waals surface area contributed by atoms with Crippen molar-refractivity contribution in [1.82, 2.24) is 14.3 Å². The number of likely N-dealkylation sites (N-methyl/N-ethyl adjacent to an activating group) is 1. The second-order valence-electron chi connectivity index (χ2n) is 4.19. The van der Waals surface area contributed by atoms with E-state index in [0.717, 1.165) is 5.69 Å². The average molecular weight is 312 g/mol. The normalized spacial score (nSPS) is 11.8. The molecule has 0 unspecified atom stereocenters. The van der Waals surface area contributed by atoms with Crippen molar-refractivity contribution in [2.24, 2.45) is 0 Å². The maximum atomic E-state index is 12.4. The van der Waals surface area contributed by atoms with Gasteiger partial charge in [-0.25, -0.2) is 17.7 Å². The molecule has 0 saturated carbocycles. The van der Waals surface area contributed by atoms with E-state index >= 15 is 0 Å². The lowest BCUT2D eigenvalue weighted by Gasteiger charge is -2.17. The maximum Gasteiger partial charge on any atom is 0.245 e. The standard InChI is InChI=1S/C13H14ClN3O2S/c1-17(10-7-11-5-2-3-8-15-11)20(18,19)12-6-4-9-16-13(12)14/h2-6,8-9H,7,10H2,1H3. The monoisotopic (exact) mass is 311 g/mol. The van der Waals surface area contributed by atoms with Gasteiger partial charge in [-0.15, -0.1) is 0 Å². The van der Waals surface area contributed by atoms with Crippen LogP contribution >= 0.6 is 11.6 Å². The van der Waals surface area contributed by atoms with Crippen LogP contribution < -0.4 is 0 Å². The summed E-state index contributed by atoms with van der Waals surface area (Å²) in [5.41, 5.74) is 0.840. The highest BCUT2D eigenvalue weighted by Gasteiger charge is 2.23. The molecule has 0 spiro atoms. The van der Waals surface area contributed by atoms with Crippen LogP contribution in [0.1, 0.15) is 5.69 Å². The molecule has 2 aromatic heterocycles. The third kappa shape index (κ3) is 3.33. The summed E-state index contributed by atoms with van der Waals surface area (Å²) in [6, 6.07) is 8.54. The SMILES string of the molecule is CN(CCc1ccccn1)S(=O)(=O)c1cccnc1Cl. The van der Waals surface area contributed by atoms with Crippen LogP contribution in [-0.2, 0) is 16.4 Å². The van der Waals surface area contributed by atoms with E-state index in [1.54, 1.807) is 12.3 Å². The van der Waals surface area contributed by atoms with Crippen molar-refractivity contribution in [3.05, 3.63) is 53.6 Å². The van der Waals surface area contributed by atoms with Gasteiger partial charge in [-0.1, -0.05) is 17.7 Å². The molecule has 0 aliphatic carbocycles. The predicted octanol–water partition coefficient (Wildman–Crippen LogP) is 1.99. The summed E-state index contributed by atoms with van der Waals surface area (Å²) in [6.07, 6.45) is 3.67. The third-order valence-electron chi connectivity index (χ3n) is 2.82. The molecule has 0 aromatic carbocycles. The van der Waals surface area contributed by atoms with Crippen molar-refractivity contribution in [2.75, 3.05) is 13.6 Å². The molecule has 5 nitrogen and oxygen atoms in total. The summed E-state index contributed by atoms with van der Waals surface area (Å²) >= 11 is 5.84. The molecule has 0 aliphatic rings. The van der Waals surface area contributed by atoms with Crippen molar-refractivity contribution in [2.45, 2.75) is 11.3 Å². The number of nitrogens with zero attached hydrogens (tertiary/aromatic N) is 3. The van der Waals surface area contributed by atoms with E-state index in [1.165, 1.54) is 23.6 Å². The van der Waals surface area contributed by atoms with E-state index in [2.05, 4.69) is 9.97 Å². The molecule has 0 radical (unpaired) electrons. The Labute approximate surface area is 123 Å². The summed E-state index contributed by atoms with van der Waals surface area (Å²) in [6.45, 7) is 0.324. The molecule has 7 heteroatoms. The Kier molecular flexibility index (Phi) is 4.69. The van der Waals surface area contributed by atoms with Gasteiger partial charge in [0, 0.05) is 38.1 Å². The molecular weight excluding hydrogens is 298 g/mol.